The van der Waals surface area contributed by atoms with Crippen LogP contribution in [-0.2, 0) is 4.74 Å². The maximum atomic E-state index is 14.1. The molecule has 1 saturated heterocycles. The van der Waals surface area contributed by atoms with Gasteiger partial charge in [0.1, 0.15) is 12.2 Å². The Morgan fingerprint density at radius 2 is 2.35 bits per heavy atom. The number of alkyl halides is 1. The molecule has 0 saturated carbocycles. The quantitative estimate of drug-likeness (QED) is 0.554. The van der Waals surface area contributed by atoms with Gasteiger partial charge in [0.2, 0.25) is 5.95 Å². The third kappa shape index (κ3) is 1.79. The van der Waals surface area contributed by atoms with E-state index < -0.39 is 36.8 Å². The Hall–Kier alpha value is -1.97. The summed E-state index contributed by atoms with van der Waals surface area (Å²) in [4.78, 5) is 18.0. The van der Waals surface area contributed by atoms with Crippen LogP contribution in [0, 0.1) is 0 Å². The predicted molar refractivity (Wildman–Crippen MR) is 66.7 cm³/mol. The van der Waals surface area contributed by atoms with E-state index in [-0.39, 0.29) is 17.0 Å². The molecule has 2 aromatic rings. The molecule has 0 bridgehead atoms. The monoisotopic (exact) mass is 284 g/mol. The van der Waals surface area contributed by atoms with Crippen LogP contribution in [0.3, 0.4) is 0 Å². The number of ether oxygens (including phenoxy) is 1. The van der Waals surface area contributed by atoms with Gasteiger partial charge in [-0.15, -0.1) is 0 Å². The Morgan fingerprint density at radius 3 is 3.00 bits per heavy atom. The lowest BCUT2D eigenvalue weighted by Crippen LogP contribution is -2.30. The van der Waals surface area contributed by atoms with Crippen LogP contribution in [0.4, 0.5) is 10.3 Å². The largest absolute Gasteiger partial charge is 0.394 e. The fraction of sp³-hybridized carbons (Fsp3) is 0.455. The number of aromatic nitrogens is 3. The molecular formula is C11H13FN4O4. The number of aliphatic hydroxyl groups excluding tert-OH is 2. The van der Waals surface area contributed by atoms with Crippen molar-refractivity contribution in [2.75, 3.05) is 12.3 Å². The van der Waals surface area contributed by atoms with Crippen molar-refractivity contribution in [2.45, 2.75) is 24.6 Å². The summed E-state index contributed by atoms with van der Waals surface area (Å²) in [6.07, 6.45) is -3.96. The highest BCUT2D eigenvalue weighted by Crippen LogP contribution is 2.33. The molecule has 5 N–H and O–H groups in total. The van der Waals surface area contributed by atoms with E-state index in [0.717, 1.165) is 0 Å². The van der Waals surface area contributed by atoms with Crippen LogP contribution in [0.1, 0.15) is 6.23 Å². The van der Waals surface area contributed by atoms with E-state index in [1.807, 2.05) is 0 Å². The van der Waals surface area contributed by atoms with Crippen molar-refractivity contribution in [2.24, 2.45) is 0 Å². The van der Waals surface area contributed by atoms with E-state index in [2.05, 4.69) is 9.97 Å². The Kier molecular flexibility index (Phi) is 2.96. The summed E-state index contributed by atoms with van der Waals surface area (Å²) in [6.45, 7) is -0.507. The summed E-state index contributed by atoms with van der Waals surface area (Å²) < 4.78 is 20.6. The smallest absolute Gasteiger partial charge is 0.261 e. The number of aromatic amines is 1. The minimum absolute atomic E-state index is 0.102. The van der Waals surface area contributed by atoms with Crippen LogP contribution in [0.2, 0.25) is 0 Å². The van der Waals surface area contributed by atoms with E-state index in [1.165, 1.54) is 16.8 Å². The first-order valence-electron chi connectivity index (χ1n) is 5.97. The number of nitrogens with zero attached hydrogens (tertiary/aromatic N) is 2. The second-order valence-corrected chi connectivity index (χ2v) is 4.59. The van der Waals surface area contributed by atoms with Crippen molar-refractivity contribution in [1.29, 1.82) is 0 Å². The summed E-state index contributed by atoms with van der Waals surface area (Å²) >= 11 is 0. The number of nitrogen functional groups attached to an aromatic ring is 1. The molecular weight excluding hydrogens is 271 g/mol. The number of hydrogen-bond donors (Lipinski definition) is 4. The van der Waals surface area contributed by atoms with Gasteiger partial charge >= 0.3 is 0 Å². The number of anilines is 1. The molecule has 0 spiro atoms. The van der Waals surface area contributed by atoms with Crippen molar-refractivity contribution in [3.63, 3.8) is 0 Å². The van der Waals surface area contributed by atoms with Crippen LogP contribution in [-0.4, -0.2) is 49.7 Å². The van der Waals surface area contributed by atoms with Gasteiger partial charge in [0.15, 0.2) is 18.0 Å². The number of fused-ring (bicyclic) bond motifs is 1. The molecule has 0 radical (unpaired) electrons. The molecule has 20 heavy (non-hydrogen) atoms. The standard InChI is InChI=1S/C11H13FN4O4/c12-6-7(18)5(3-17)20-10(6)16-2-1-4-8(16)14-11(13)15-9(4)19/h1-2,5-7,10,17-18H,3H2,(H3,13,14,15,19)/t5-,6?,7-,10-/m1/s1. The van der Waals surface area contributed by atoms with E-state index in [1.54, 1.807) is 0 Å². The molecule has 108 valence electrons. The van der Waals surface area contributed by atoms with Crippen molar-refractivity contribution < 1.29 is 19.3 Å². The number of H-pyrrole nitrogens is 1. The molecule has 1 unspecified atom stereocenters. The van der Waals surface area contributed by atoms with Crippen molar-refractivity contribution >= 4 is 17.0 Å². The molecule has 9 heteroatoms. The zero-order chi connectivity index (χ0) is 14.4. The molecule has 2 aromatic heterocycles. The van der Waals surface area contributed by atoms with Crippen LogP contribution in [0.25, 0.3) is 11.0 Å². The topological polar surface area (TPSA) is 126 Å². The maximum Gasteiger partial charge on any atom is 0.261 e. The lowest BCUT2D eigenvalue weighted by molar-refractivity contribution is -0.0457. The minimum atomic E-state index is -1.75. The summed E-state index contributed by atoms with van der Waals surface area (Å²) in [6, 6.07) is 1.45. The zero-order valence-corrected chi connectivity index (χ0v) is 10.2. The molecule has 0 amide bonds. The number of nitrogens with one attached hydrogen (secondary N) is 1. The number of rotatable bonds is 2. The number of nitrogens with two attached hydrogens (primary N) is 1. The first-order valence-corrected chi connectivity index (χ1v) is 5.97. The SMILES string of the molecule is Nc1nc2c(ccn2[C@@H]2O[C@H](CO)[C@@H](O)C2F)c(=O)[nH]1. The van der Waals surface area contributed by atoms with Gasteiger partial charge in [-0.25, -0.2) is 4.39 Å². The average Bonchev–Trinajstić information content (AvgIpc) is 2.93. The Balaban J connectivity index is 2.09. The van der Waals surface area contributed by atoms with Gasteiger partial charge in [0, 0.05) is 6.20 Å². The normalized spacial score (nSPS) is 30.1. The average molecular weight is 284 g/mol. The molecule has 3 heterocycles. The number of halogens is 1. The van der Waals surface area contributed by atoms with E-state index in [0.29, 0.717) is 0 Å². The van der Waals surface area contributed by atoms with Crippen molar-refractivity contribution in [3.05, 3.63) is 22.6 Å². The van der Waals surface area contributed by atoms with Gasteiger partial charge in [0.25, 0.3) is 5.56 Å². The van der Waals surface area contributed by atoms with Gasteiger partial charge in [-0.3, -0.25) is 9.78 Å². The highest BCUT2D eigenvalue weighted by molar-refractivity contribution is 5.76. The molecule has 4 atom stereocenters. The van der Waals surface area contributed by atoms with Crippen molar-refractivity contribution in [1.82, 2.24) is 14.5 Å². The number of hydrogen-bond acceptors (Lipinski definition) is 6. The minimum Gasteiger partial charge on any atom is -0.394 e. The van der Waals surface area contributed by atoms with Crippen molar-refractivity contribution in [3.8, 4) is 0 Å². The lowest BCUT2D eigenvalue weighted by Gasteiger charge is -2.15. The molecule has 3 rings (SSSR count). The van der Waals surface area contributed by atoms with E-state index in [4.69, 9.17) is 15.6 Å². The first-order chi connectivity index (χ1) is 9.52. The first kappa shape index (κ1) is 13.0. The Labute approximate surface area is 111 Å². The molecule has 1 aliphatic heterocycles. The summed E-state index contributed by atoms with van der Waals surface area (Å²) in [5.74, 6) is -0.102. The molecule has 0 aromatic carbocycles. The highest BCUT2D eigenvalue weighted by atomic mass is 19.1. The van der Waals surface area contributed by atoms with Gasteiger partial charge in [-0.2, -0.15) is 4.98 Å². The fourth-order valence-corrected chi connectivity index (χ4v) is 2.34. The fourth-order valence-electron chi connectivity index (χ4n) is 2.34. The van der Waals surface area contributed by atoms with Crippen LogP contribution in [0.5, 0.6) is 0 Å². The third-order valence-corrected chi connectivity index (χ3v) is 3.35. The van der Waals surface area contributed by atoms with Crippen LogP contribution < -0.4 is 11.3 Å². The summed E-state index contributed by atoms with van der Waals surface area (Å²) in [5, 5.41) is 18.9. The third-order valence-electron chi connectivity index (χ3n) is 3.35. The van der Waals surface area contributed by atoms with E-state index >= 15 is 0 Å². The summed E-state index contributed by atoms with van der Waals surface area (Å²) in [7, 11) is 0. The van der Waals surface area contributed by atoms with Crippen LogP contribution in [0.15, 0.2) is 17.1 Å². The van der Waals surface area contributed by atoms with Gasteiger partial charge in [0.05, 0.1) is 12.0 Å². The van der Waals surface area contributed by atoms with Gasteiger partial charge in [-0.05, 0) is 6.07 Å². The Morgan fingerprint density at radius 1 is 1.60 bits per heavy atom. The number of aliphatic hydroxyl groups is 2. The lowest BCUT2D eigenvalue weighted by atomic mass is 10.1. The maximum absolute atomic E-state index is 14.1. The van der Waals surface area contributed by atoms with Gasteiger partial charge in [-0.1, -0.05) is 0 Å². The van der Waals surface area contributed by atoms with Crippen LogP contribution >= 0.6 is 0 Å². The molecule has 0 aliphatic carbocycles. The highest BCUT2D eigenvalue weighted by Gasteiger charge is 2.45. The molecule has 1 fully saturated rings. The Bertz CT molecular complexity index is 699. The summed E-state index contributed by atoms with van der Waals surface area (Å²) in [5.41, 5.74) is 5.17. The zero-order valence-electron chi connectivity index (χ0n) is 10.2. The van der Waals surface area contributed by atoms with Gasteiger partial charge < -0.3 is 25.3 Å². The second-order valence-electron chi connectivity index (χ2n) is 4.59. The molecule has 8 nitrogen and oxygen atoms in total. The molecule has 1 aliphatic rings. The second kappa shape index (κ2) is 4.54. The van der Waals surface area contributed by atoms with E-state index in [9.17, 15) is 14.3 Å². The predicted octanol–water partition coefficient (Wildman–Crippen LogP) is -1.10.